The third kappa shape index (κ3) is 3.36. The number of hydrogen-bond donors (Lipinski definition) is 3. The van der Waals surface area contributed by atoms with E-state index in [0.29, 0.717) is 23.4 Å². The van der Waals surface area contributed by atoms with Gasteiger partial charge in [-0.1, -0.05) is 6.92 Å². The average molecular weight is 346 g/mol. The van der Waals surface area contributed by atoms with Crippen molar-refractivity contribution in [2.45, 2.75) is 45.6 Å². The summed E-state index contributed by atoms with van der Waals surface area (Å²) in [7, 11) is 0. The molecule has 0 aliphatic heterocycles. The second-order valence-electron chi connectivity index (χ2n) is 6.05. The van der Waals surface area contributed by atoms with E-state index in [1.54, 1.807) is 6.07 Å². The van der Waals surface area contributed by atoms with Gasteiger partial charge in [-0.15, -0.1) is 0 Å². The van der Waals surface area contributed by atoms with E-state index in [2.05, 4.69) is 15.5 Å². The van der Waals surface area contributed by atoms with Crippen molar-refractivity contribution in [2.75, 3.05) is 6.54 Å². The van der Waals surface area contributed by atoms with Crippen LogP contribution >= 0.6 is 12.2 Å². The first kappa shape index (κ1) is 16.7. The highest BCUT2D eigenvalue weighted by molar-refractivity contribution is 7.71. The number of nitrogens with one attached hydrogen (secondary N) is 2. The standard InChI is InChI=1S/C17H22N4O2S/c1-2-15-19-20-17(24)21(15)8-7-18-16(23)13-9-11-5-3-4-6-12(11)10-14(13)22/h9-10,22H,2-8H2,1H3,(H,18,23)(H,20,24). The second-order valence-corrected chi connectivity index (χ2v) is 6.44. The number of carbonyl (C=O) groups excluding carboxylic acids is 1. The quantitative estimate of drug-likeness (QED) is 0.727. The van der Waals surface area contributed by atoms with E-state index < -0.39 is 0 Å². The molecule has 0 radical (unpaired) electrons. The molecule has 2 aromatic rings. The number of aromatic nitrogens is 3. The summed E-state index contributed by atoms with van der Waals surface area (Å²) < 4.78 is 2.43. The first-order valence-corrected chi connectivity index (χ1v) is 8.78. The van der Waals surface area contributed by atoms with E-state index in [1.807, 2.05) is 17.6 Å². The van der Waals surface area contributed by atoms with Gasteiger partial charge in [0.25, 0.3) is 5.91 Å². The number of nitrogens with zero attached hydrogens (tertiary/aromatic N) is 2. The molecule has 1 amide bonds. The number of carbonyl (C=O) groups is 1. The van der Waals surface area contributed by atoms with Gasteiger partial charge < -0.3 is 15.0 Å². The molecule has 0 saturated heterocycles. The lowest BCUT2D eigenvalue weighted by molar-refractivity contribution is 0.0949. The summed E-state index contributed by atoms with van der Waals surface area (Å²) in [4.78, 5) is 12.4. The number of fused-ring (bicyclic) bond motifs is 1. The van der Waals surface area contributed by atoms with E-state index in [0.717, 1.165) is 43.5 Å². The van der Waals surface area contributed by atoms with Gasteiger partial charge in [-0.2, -0.15) is 5.10 Å². The number of aryl methyl sites for hydroxylation is 3. The van der Waals surface area contributed by atoms with Crippen LogP contribution in [0, 0.1) is 4.77 Å². The maximum Gasteiger partial charge on any atom is 0.255 e. The number of hydrogen-bond acceptors (Lipinski definition) is 4. The minimum Gasteiger partial charge on any atom is -0.507 e. The van der Waals surface area contributed by atoms with Gasteiger partial charge >= 0.3 is 0 Å². The number of H-pyrrole nitrogens is 1. The second kappa shape index (κ2) is 7.17. The summed E-state index contributed by atoms with van der Waals surface area (Å²) in [5, 5.41) is 19.9. The summed E-state index contributed by atoms with van der Waals surface area (Å²) >= 11 is 5.19. The molecule has 1 aromatic heterocycles. The van der Waals surface area contributed by atoms with Gasteiger partial charge in [-0.3, -0.25) is 9.89 Å². The van der Waals surface area contributed by atoms with Crippen molar-refractivity contribution < 1.29 is 9.90 Å². The third-order valence-corrected chi connectivity index (χ3v) is 4.79. The number of phenols is 1. The Morgan fingerprint density at radius 1 is 1.38 bits per heavy atom. The molecule has 128 valence electrons. The van der Waals surface area contributed by atoms with E-state index in [1.165, 1.54) is 5.56 Å². The lowest BCUT2D eigenvalue weighted by Gasteiger charge is -2.17. The Labute approximate surface area is 145 Å². The fourth-order valence-electron chi connectivity index (χ4n) is 3.18. The first-order valence-electron chi connectivity index (χ1n) is 8.37. The average Bonchev–Trinajstić information content (AvgIpc) is 2.94. The van der Waals surface area contributed by atoms with E-state index >= 15 is 0 Å². The molecule has 24 heavy (non-hydrogen) atoms. The van der Waals surface area contributed by atoms with Crippen molar-refractivity contribution >= 4 is 18.1 Å². The fourth-order valence-corrected chi connectivity index (χ4v) is 3.42. The number of rotatable bonds is 5. The van der Waals surface area contributed by atoms with Gasteiger partial charge in [-0.25, -0.2) is 0 Å². The van der Waals surface area contributed by atoms with Gasteiger partial charge in [-0.05, 0) is 61.2 Å². The van der Waals surface area contributed by atoms with Crippen molar-refractivity contribution in [1.29, 1.82) is 0 Å². The number of phenolic OH excluding ortho intramolecular Hbond substituents is 1. The van der Waals surface area contributed by atoms with Crippen LogP contribution in [-0.4, -0.2) is 32.3 Å². The number of aromatic hydroxyl groups is 1. The zero-order valence-electron chi connectivity index (χ0n) is 13.8. The Hall–Kier alpha value is -2.15. The molecule has 1 aliphatic carbocycles. The van der Waals surface area contributed by atoms with Gasteiger partial charge in [0, 0.05) is 19.5 Å². The zero-order valence-corrected chi connectivity index (χ0v) is 14.6. The van der Waals surface area contributed by atoms with Gasteiger partial charge in [0.15, 0.2) is 4.77 Å². The van der Waals surface area contributed by atoms with Crippen LogP contribution in [0.2, 0.25) is 0 Å². The molecule has 1 heterocycles. The molecule has 0 bridgehead atoms. The summed E-state index contributed by atoms with van der Waals surface area (Å²) in [6, 6.07) is 3.57. The molecule has 1 aromatic carbocycles. The Kier molecular flexibility index (Phi) is 4.99. The number of amides is 1. The van der Waals surface area contributed by atoms with Gasteiger partial charge in [0.05, 0.1) is 5.56 Å². The molecule has 3 rings (SSSR count). The molecule has 0 spiro atoms. The highest BCUT2D eigenvalue weighted by Gasteiger charge is 2.17. The van der Waals surface area contributed by atoms with Crippen LogP contribution in [0.15, 0.2) is 12.1 Å². The molecule has 1 aliphatic rings. The van der Waals surface area contributed by atoms with Crippen LogP contribution in [0.5, 0.6) is 5.75 Å². The largest absolute Gasteiger partial charge is 0.507 e. The van der Waals surface area contributed by atoms with Crippen molar-refractivity contribution in [2.24, 2.45) is 0 Å². The predicted molar refractivity (Wildman–Crippen MR) is 93.9 cm³/mol. The van der Waals surface area contributed by atoms with Crippen molar-refractivity contribution in [3.8, 4) is 5.75 Å². The van der Waals surface area contributed by atoms with Crippen molar-refractivity contribution in [1.82, 2.24) is 20.1 Å². The van der Waals surface area contributed by atoms with Crippen LogP contribution in [0.3, 0.4) is 0 Å². The molecule has 3 N–H and O–H groups in total. The Morgan fingerprint density at radius 3 is 2.79 bits per heavy atom. The third-order valence-electron chi connectivity index (χ3n) is 4.48. The minimum atomic E-state index is -0.256. The van der Waals surface area contributed by atoms with Crippen LogP contribution in [0.4, 0.5) is 0 Å². The predicted octanol–water partition coefficient (Wildman–Crippen LogP) is 2.52. The molecule has 0 unspecified atom stereocenters. The van der Waals surface area contributed by atoms with Crippen LogP contribution < -0.4 is 5.32 Å². The zero-order chi connectivity index (χ0) is 17.1. The Bertz CT molecular complexity index is 809. The SMILES string of the molecule is CCc1n[nH]c(=S)n1CCNC(=O)c1cc2c(cc1O)CCCC2. The van der Waals surface area contributed by atoms with Gasteiger partial charge in [0.2, 0.25) is 0 Å². The Balaban J connectivity index is 1.67. The van der Waals surface area contributed by atoms with Crippen LogP contribution in [-0.2, 0) is 25.8 Å². The summed E-state index contributed by atoms with van der Waals surface area (Å²) in [6.07, 6.45) is 5.00. The smallest absolute Gasteiger partial charge is 0.255 e. The van der Waals surface area contributed by atoms with Crippen LogP contribution in [0.25, 0.3) is 0 Å². The maximum absolute atomic E-state index is 12.4. The molecule has 0 fully saturated rings. The summed E-state index contributed by atoms with van der Waals surface area (Å²) in [6.45, 7) is 2.98. The van der Waals surface area contributed by atoms with E-state index in [4.69, 9.17) is 12.2 Å². The molecule has 0 atom stereocenters. The first-order chi connectivity index (χ1) is 11.6. The molecular formula is C17H22N4O2S. The molecule has 6 nitrogen and oxygen atoms in total. The van der Waals surface area contributed by atoms with Crippen molar-refractivity contribution in [3.05, 3.63) is 39.4 Å². The molecule has 7 heteroatoms. The fraction of sp³-hybridized carbons (Fsp3) is 0.471. The lowest BCUT2D eigenvalue weighted by atomic mass is 9.90. The minimum absolute atomic E-state index is 0.0577. The van der Waals surface area contributed by atoms with E-state index in [9.17, 15) is 9.90 Å². The number of aromatic amines is 1. The summed E-state index contributed by atoms with van der Waals surface area (Å²) in [5.41, 5.74) is 2.68. The van der Waals surface area contributed by atoms with Crippen LogP contribution in [0.1, 0.15) is 47.1 Å². The highest BCUT2D eigenvalue weighted by Crippen LogP contribution is 2.28. The summed E-state index contributed by atoms with van der Waals surface area (Å²) in [5.74, 6) is 0.669. The van der Waals surface area contributed by atoms with E-state index in [-0.39, 0.29) is 11.7 Å². The molecular weight excluding hydrogens is 324 g/mol. The number of benzene rings is 1. The monoisotopic (exact) mass is 346 g/mol. The molecule has 0 saturated carbocycles. The van der Waals surface area contributed by atoms with Gasteiger partial charge in [0.1, 0.15) is 11.6 Å². The topological polar surface area (TPSA) is 82.9 Å². The maximum atomic E-state index is 12.4. The normalized spacial score (nSPS) is 13.5. The lowest BCUT2D eigenvalue weighted by Crippen LogP contribution is -2.28. The van der Waals surface area contributed by atoms with Crippen molar-refractivity contribution in [3.63, 3.8) is 0 Å². The Morgan fingerprint density at radius 2 is 2.08 bits per heavy atom. The highest BCUT2D eigenvalue weighted by atomic mass is 32.1.